The maximum Gasteiger partial charge on any atom is 0.410 e. The summed E-state index contributed by atoms with van der Waals surface area (Å²) in [6, 6.07) is 69.6. The molecule has 5 N–H and O–H groups in total. The Kier molecular flexibility index (Phi) is 29.3. The largest absolute Gasteiger partial charge is 0.453 e. The number of carbonyl (C=O) groups excluding carboxylic acids is 5. The molecule has 132 heavy (non-hydrogen) atoms. The minimum Gasteiger partial charge on any atom is -0.453 e. The van der Waals surface area contributed by atoms with Gasteiger partial charge in [0.2, 0.25) is 0 Å². The minimum atomic E-state index is -0.406. The second-order valence-electron chi connectivity index (χ2n) is 33.2. The first kappa shape index (κ1) is 93.3. The Morgan fingerprint density at radius 3 is 1.03 bits per heavy atom. The molecule has 5 aliphatic heterocycles. The Labute approximate surface area is 804 Å². The number of ether oxygens (including phenoxy) is 5. The fourth-order valence-corrected chi connectivity index (χ4v) is 20.1. The van der Waals surface area contributed by atoms with Crippen molar-refractivity contribution in [3.8, 4) is 6.07 Å². The number of hydrogen-bond acceptors (Lipinski definition) is 11. The third kappa shape index (κ3) is 19.9. The number of hydrogen-bond donors (Lipinski definition) is 5. The molecule has 15 aromatic rings. The number of benzene rings is 10. The van der Waals surface area contributed by atoms with Gasteiger partial charge in [-0.15, -0.1) is 0 Å². The first-order valence-electron chi connectivity index (χ1n) is 43.7. The third-order valence-electron chi connectivity index (χ3n) is 24.4. The second kappa shape index (κ2) is 41.5. The van der Waals surface area contributed by atoms with Gasteiger partial charge in [0, 0.05) is 150 Å². The molecule has 0 saturated heterocycles. The summed E-state index contributed by atoms with van der Waals surface area (Å²) in [7, 11) is 2.77. The van der Waals surface area contributed by atoms with E-state index in [-0.39, 0.29) is 60.4 Å². The zero-order valence-electron chi connectivity index (χ0n) is 73.1. The quantitative estimate of drug-likeness (QED) is 0.0762. The van der Waals surface area contributed by atoms with E-state index in [0.29, 0.717) is 95.6 Å². The van der Waals surface area contributed by atoms with Crippen LogP contribution in [0.15, 0.2) is 227 Å². The molecule has 5 amide bonds. The van der Waals surface area contributed by atoms with Gasteiger partial charge < -0.3 is 48.6 Å². The maximum absolute atomic E-state index is 13.4. The summed E-state index contributed by atoms with van der Waals surface area (Å²) in [5, 5.41) is 18.1. The smallest absolute Gasteiger partial charge is 0.410 e. The van der Waals surface area contributed by atoms with Crippen LogP contribution in [0.4, 0.5) is 28.4 Å². The third-order valence-corrected chi connectivity index (χ3v) is 26.6. The predicted molar refractivity (Wildman–Crippen MR) is 524 cm³/mol. The van der Waals surface area contributed by atoms with Gasteiger partial charge in [0.25, 0.3) is 0 Å². The fourth-order valence-electron chi connectivity index (χ4n) is 18.5. The van der Waals surface area contributed by atoms with E-state index in [0.717, 1.165) is 158 Å². The number of fused-ring (bicyclic) bond motifs is 15. The molecule has 0 saturated carbocycles. The molecule has 21 nitrogen and oxygen atoms in total. The van der Waals surface area contributed by atoms with Crippen molar-refractivity contribution in [2.24, 2.45) is 5.92 Å². The van der Waals surface area contributed by atoms with E-state index in [4.69, 9.17) is 87.0 Å². The molecule has 5 aliphatic rings. The van der Waals surface area contributed by atoms with Crippen LogP contribution in [0.3, 0.4) is 0 Å². The Hall–Kier alpha value is -11.9. The van der Waals surface area contributed by atoms with Gasteiger partial charge >= 0.3 is 30.5 Å². The molecule has 0 fully saturated rings. The highest BCUT2D eigenvalue weighted by atomic mass is 79.9. The molecule has 29 heteroatoms. The average Bonchev–Trinajstić information content (AvgIpc) is 1.55. The van der Waals surface area contributed by atoms with Crippen molar-refractivity contribution < 1.29 is 52.0 Å². The topological polar surface area (TPSA) is 250 Å². The lowest BCUT2D eigenvalue weighted by Crippen LogP contribution is -2.41. The van der Waals surface area contributed by atoms with Gasteiger partial charge in [0.15, 0.2) is 0 Å². The zero-order chi connectivity index (χ0) is 92.7. The highest BCUT2D eigenvalue weighted by molar-refractivity contribution is 9.10. The van der Waals surface area contributed by atoms with E-state index in [2.05, 4.69) is 93.2 Å². The minimum absolute atomic E-state index is 0.166. The number of rotatable bonds is 11. The average molecular weight is 2000 g/mol. The number of methoxy groups -OCH3 is 2. The van der Waals surface area contributed by atoms with Gasteiger partial charge in [-0.3, -0.25) is 24.5 Å². The highest BCUT2D eigenvalue weighted by Crippen LogP contribution is 2.47. The molecule has 20 rings (SSSR count). The number of nitrogens with one attached hydrogen (secondary N) is 5. The van der Waals surface area contributed by atoms with E-state index in [1.807, 2.05) is 189 Å². The van der Waals surface area contributed by atoms with Gasteiger partial charge in [-0.25, -0.2) is 28.4 Å². The second-order valence-corrected chi connectivity index (χ2v) is 37.2. The van der Waals surface area contributed by atoms with E-state index >= 15 is 0 Å². The molecule has 0 spiro atoms. The van der Waals surface area contributed by atoms with Crippen LogP contribution in [0.5, 0.6) is 0 Å². The standard InChI is InChI=1S/C22H23BrN2O2.C22H20ClN3O2.C21H20BrClN2O2.C19H16Cl2N2O2.C19H16ClFN2O2/c1-14(2)13-27-22(26)25-11-10-17-18-12-16(23)8-9-19(18)24-20(17)21(25)15-6-4-3-5-7-15;1-2-11-28-22(27)26-10-9-17-18-12-16(23)7-8-19(18)25-20(17)21(26)15-5-3-14(13-24)4-6-15;1-2-10-27-21(26)25-9-8-16-17-12-15(23)6-7-18(17)24-19(16)20(25)13-4-3-5-14(22)11-13;1-25-19(24)23-9-8-14-15-10-13(21)6-7-16(15)22-17(14)18(23)11-2-4-12(20)5-3-11;1-25-19(24)23-9-8-14-15-10-12(20)4-7-16(15)22-17(14)18(23)11-2-5-13(21)6-3-11/h3-9,12,14,21,24H,10-11,13H2,1-2H3;3-8,12,21,25H,2,9-11H2,1H3;3-7,11-12,20,24H,2,8-10H2,1H3;2*2-7,10,18,22H,8-9H2,1H3. The lowest BCUT2D eigenvalue weighted by Gasteiger charge is -2.35. The first-order valence-corrected chi connectivity index (χ1v) is 47.2. The van der Waals surface area contributed by atoms with E-state index < -0.39 is 6.09 Å². The monoisotopic (exact) mass is 2000 g/mol. The fraction of sp³-hybridized carbons (Fsp3) is 0.262. The molecule has 10 aromatic carbocycles. The van der Waals surface area contributed by atoms with Crippen molar-refractivity contribution in [2.75, 3.05) is 66.8 Å². The molecule has 10 heterocycles. The molecular weight excluding hydrogens is 1910 g/mol. The van der Waals surface area contributed by atoms with Crippen LogP contribution >= 0.6 is 89.9 Å². The van der Waals surface area contributed by atoms with Gasteiger partial charge in [0.1, 0.15) is 36.0 Å². The number of amides is 5. The Balaban J connectivity index is 0.000000120. The van der Waals surface area contributed by atoms with E-state index in [9.17, 15) is 28.4 Å². The number of carbonyl (C=O) groups is 5. The first-order chi connectivity index (χ1) is 63.9. The molecule has 0 aliphatic carbocycles. The molecule has 5 atom stereocenters. The number of aromatic amines is 5. The summed E-state index contributed by atoms with van der Waals surface area (Å²) in [5.74, 6) is 0.00253. The molecule has 0 bridgehead atoms. The van der Waals surface area contributed by atoms with E-state index in [1.165, 1.54) is 54.0 Å². The Bertz CT molecular complexity index is 6660. The number of halogens is 8. The predicted octanol–water partition coefficient (Wildman–Crippen LogP) is 26.8. The maximum atomic E-state index is 13.4. The van der Waals surface area contributed by atoms with Crippen molar-refractivity contribution in [2.45, 2.75) is 103 Å². The molecule has 0 radical (unpaired) electrons. The summed E-state index contributed by atoms with van der Waals surface area (Å²) < 4.78 is 41.8. The lowest BCUT2D eigenvalue weighted by atomic mass is 9.92. The van der Waals surface area contributed by atoms with Crippen LogP contribution in [-0.4, -0.2) is 147 Å². The van der Waals surface area contributed by atoms with Gasteiger partial charge in [0.05, 0.1) is 45.7 Å². The lowest BCUT2D eigenvalue weighted by molar-refractivity contribution is 0.0796. The SMILES string of the molecule is CC(C)COC(=O)N1CCc2c([nH]c3ccc(Br)cc23)C1c1ccccc1.CCCOC(=O)N1CCc2c([nH]c3ccc(Cl)cc23)C1c1ccc(C#N)cc1.CCCOC(=O)N1CCc2c([nH]c3ccc(Cl)cc23)C1c1cccc(Br)c1.COC(=O)N1CCc2c([nH]c3ccc(Cl)cc23)C1c1ccc(Cl)cc1.COC(=O)N1CCc2c([nH]c3ccc(Cl)cc23)C1c1ccc(F)cc1. The number of nitriles is 1. The highest BCUT2D eigenvalue weighted by Gasteiger charge is 2.42. The summed E-state index contributed by atoms with van der Waals surface area (Å²) in [4.78, 5) is 89.3. The normalized spacial score (nSPS) is 16.5. The van der Waals surface area contributed by atoms with Crippen molar-refractivity contribution in [1.29, 1.82) is 5.26 Å². The number of H-pyrrole nitrogens is 5. The van der Waals surface area contributed by atoms with Crippen molar-refractivity contribution in [3.63, 3.8) is 0 Å². The Morgan fingerprint density at radius 1 is 0.379 bits per heavy atom. The molecule has 5 unspecified atom stereocenters. The molecule has 678 valence electrons. The number of nitrogens with zero attached hydrogens (tertiary/aromatic N) is 6. The van der Waals surface area contributed by atoms with Crippen LogP contribution in [0, 0.1) is 23.1 Å². The summed E-state index contributed by atoms with van der Waals surface area (Å²) in [6.07, 6.45) is 3.73. The van der Waals surface area contributed by atoms with Crippen molar-refractivity contribution >= 4 is 175 Å². The van der Waals surface area contributed by atoms with Crippen LogP contribution < -0.4 is 0 Å². The summed E-state index contributed by atoms with van der Waals surface area (Å²) >= 11 is 37.9. The summed E-state index contributed by atoms with van der Waals surface area (Å²) in [6.45, 7) is 12.2. The van der Waals surface area contributed by atoms with Gasteiger partial charge in [-0.05, 0) is 246 Å². The van der Waals surface area contributed by atoms with E-state index in [1.54, 1.807) is 39.0 Å². The van der Waals surface area contributed by atoms with Gasteiger partial charge in [-0.1, -0.05) is 196 Å². The van der Waals surface area contributed by atoms with Gasteiger partial charge in [-0.2, -0.15) is 5.26 Å². The van der Waals surface area contributed by atoms with Crippen LogP contribution in [-0.2, 0) is 55.8 Å². The van der Waals surface area contributed by atoms with Crippen molar-refractivity contribution in [3.05, 3.63) is 348 Å². The summed E-state index contributed by atoms with van der Waals surface area (Å²) in [5.41, 5.74) is 21.6. The van der Waals surface area contributed by atoms with Crippen LogP contribution in [0.2, 0.25) is 25.1 Å². The molecule has 5 aromatic heterocycles. The zero-order valence-corrected chi connectivity index (χ0v) is 80.1. The van der Waals surface area contributed by atoms with Crippen molar-refractivity contribution in [1.82, 2.24) is 49.4 Å². The van der Waals surface area contributed by atoms with Crippen LogP contribution in [0.1, 0.15) is 160 Å². The number of aromatic nitrogens is 5. The van der Waals surface area contributed by atoms with Crippen LogP contribution in [0.25, 0.3) is 54.5 Å². The Morgan fingerprint density at radius 2 is 0.682 bits per heavy atom. The molecular formula is C103H95Br2Cl5FN11O10.